The third-order valence-corrected chi connectivity index (χ3v) is 4.07. The highest BCUT2D eigenvalue weighted by atomic mass is 19.1. The van der Waals surface area contributed by atoms with E-state index >= 15 is 0 Å². The molecule has 0 unspecified atom stereocenters. The molecule has 2 heteroatoms. The molecule has 0 aliphatic heterocycles. The maximum absolute atomic E-state index is 13.6. The third kappa shape index (κ3) is 2.86. The zero-order valence-electron chi connectivity index (χ0n) is 10.4. The Hall–Kier alpha value is -0.890. The fourth-order valence-electron chi connectivity index (χ4n) is 2.96. The van der Waals surface area contributed by atoms with E-state index in [0.29, 0.717) is 11.5 Å². The highest BCUT2D eigenvalue weighted by Gasteiger charge is 2.28. The van der Waals surface area contributed by atoms with Gasteiger partial charge in [-0.3, -0.25) is 0 Å². The van der Waals surface area contributed by atoms with Crippen LogP contribution in [0.15, 0.2) is 24.3 Å². The van der Waals surface area contributed by atoms with E-state index in [1.54, 1.807) is 18.2 Å². The van der Waals surface area contributed by atoms with Gasteiger partial charge in [-0.2, -0.15) is 0 Å². The second kappa shape index (κ2) is 5.63. The van der Waals surface area contributed by atoms with Crippen molar-refractivity contribution in [2.45, 2.75) is 45.1 Å². The minimum Gasteiger partial charge on any atom is -0.388 e. The van der Waals surface area contributed by atoms with E-state index in [1.165, 1.54) is 18.9 Å². The van der Waals surface area contributed by atoms with Gasteiger partial charge in [-0.25, -0.2) is 4.39 Å². The first-order chi connectivity index (χ1) is 8.22. The molecule has 1 nitrogen and oxygen atoms in total. The normalized spacial score (nSPS) is 26.8. The zero-order valence-corrected chi connectivity index (χ0v) is 10.4. The molecule has 1 saturated carbocycles. The maximum atomic E-state index is 13.6. The van der Waals surface area contributed by atoms with Crippen molar-refractivity contribution in [2.24, 2.45) is 11.8 Å². The standard InChI is InChI=1S/C15H21FO/c1-2-11-6-5-7-12(10-11)15(17)13-8-3-4-9-14(13)16/h3-4,8-9,11-12,15,17H,2,5-7,10H2,1H3/t11-,12-,15+/m0/s1. The molecule has 0 heterocycles. The quantitative estimate of drug-likeness (QED) is 0.838. The summed E-state index contributed by atoms with van der Waals surface area (Å²) in [6.07, 6.45) is 5.01. The Morgan fingerprint density at radius 1 is 1.35 bits per heavy atom. The Labute approximate surface area is 103 Å². The lowest BCUT2D eigenvalue weighted by atomic mass is 9.76. The van der Waals surface area contributed by atoms with E-state index in [9.17, 15) is 9.50 Å². The SMILES string of the molecule is CC[C@H]1CCC[C@H]([C@@H](O)c2ccccc2F)C1. The molecule has 0 saturated heterocycles. The number of hydrogen-bond acceptors (Lipinski definition) is 1. The van der Waals surface area contributed by atoms with Crippen LogP contribution in [0.4, 0.5) is 4.39 Å². The first kappa shape index (κ1) is 12.6. The fourth-order valence-corrected chi connectivity index (χ4v) is 2.96. The molecule has 1 aliphatic rings. The molecule has 0 spiro atoms. The van der Waals surface area contributed by atoms with E-state index < -0.39 is 6.10 Å². The van der Waals surface area contributed by atoms with Crippen molar-refractivity contribution in [1.82, 2.24) is 0 Å². The Bertz CT molecular complexity index is 364. The summed E-state index contributed by atoms with van der Waals surface area (Å²) in [5, 5.41) is 10.3. The molecule has 0 bridgehead atoms. The molecule has 94 valence electrons. The van der Waals surface area contributed by atoms with E-state index in [-0.39, 0.29) is 11.7 Å². The lowest BCUT2D eigenvalue weighted by molar-refractivity contribution is 0.0650. The number of aliphatic hydroxyl groups excluding tert-OH is 1. The summed E-state index contributed by atoms with van der Waals surface area (Å²) in [4.78, 5) is 0. The summed E-state index contributed by atoms with van der Waals surface area (Å²) in [7, 11) is 0. The monoisotopic (exact) mass is 236 g/mol. The number of hydrogen-bond donors (Lipinski definition) is 1. The van der Waals surface area contributed by atoms with Crippen LogP contribution in [0.2, 0.25) is 0 Å². The zero-order chi connectivity index (χ0) is 12.3. The molecule has 0 radical (unpaired) electrons. The molecule has 0 aromatic heterocycles. The van der Waals surface area contributed by atoms with Crippen molar-refractivity contribution in [1.29, 1.82) is 0 Å². The molecular formula is C15H21FO. The van der Waals surface area contributed by atoms with Gasteiger partial charge in [0.05, 0.1) is 6.10 Å². The van der Waals surface area contributed by atoms with Gasteiger partial charge >= 0.3 is 0 Å². The molecular weight excluding hydrogens is 215 g/mol. The van der Waals surface area contributed by atoms with Crippen LogP contribution in [-0.2, 0) is 0 Å². The summed E-state index contributed by atoms with van der Waals surface area (Å²) in [5.74, 6) is 0.652. The minimum absolute atomic E-state index is 0.227. The number of benzene rings is 1. The molecule has 0 amide bonds. The Morgan fingerprint density at radius 3 is 2.82 bits per heavy atom. The fraction of sp³-hybridized carbons (Fsp3) is 0.600. The van der Waals surface area contributed by atoms with Gasteiger partial charge in [0.1, 0.15) is 5.82 Å². The van der Waals surface area contributed by atoms with E-state index in [0.717, 1.165) is 19.3 Å². The number of rotatable bonds is 3. The van der Waals surface area contributed by atoms with E-state index in [2.05, 4.69) is 6.92 Å². The topological polar surface area (TPSA) is 20.2 Å². The molecule has 17 heavy (non-hydrogen) atoms. The van der Waals surface area contributed by atoms with Crippen LogP contribution < -0.4 is 0 Å². The van der Waals surface area contributed by atoms with Crippen molar-refractivity contribution in [2.75, 3.05) is 0 Å². The lowest BCUT2D eigenvalue weighted by Crippen LogP contribution is -2.21. The third-order valence-electron chi connectivity index (χ3n) is 4.07. The number of halogens is 1. The van der Waals surface area contributed by atoms with Crippen LogP contribution in [0, 0.1) is 17.7 Å². The van der Waals surface area contributed by atoms with Crippen LogP contribution in [0.1, 0.15) is 50.7 Å². The number of aliphatic hydroxyl groups is 1. The van der Waals surface area contributed by atoms with Crippen molar-refractivity contribution >= 4 is 0 Å². The van der Waals surface area contributed by atoms with E-state index in [4.69, 9.17) is 0 Å². The van der Waals surface area contributed by atoms with Crippen LogP contribution in [0.25, 0.3) is 0 Å². The summed E-state index contributed by atoms with van der Waals surface area (Å²) < 4.78 is 13.6. The summed E-state index contributed by atoms with van der Waals surface area (Å²) in [5.41, 5.74) is 0.467. The highest BCUT2D eigenvalue weighted by molar-refractivity contribution is 5.20. The Balaban J connectivity index is 2.09. The summed E-state index contributed by atoms with van der Waals surface area (Å²) in [6.45, 7) is 2.20. The van der Waals surface area contributed by atoms with Crippen molar-refractivity contribution in [3.8, 4) is 0 Å². The predicted octanol–water partition coefficient (Wildman–Crippen LogP) is 4.08. The first-order valence-electron chi connectivity index (χ1n) is 6.64. The molecule has 1 aromatic rings. The highest BCUT2D eigenvalue weighted by Crippen LogP contribution is 2.38. The van der Waals surface area contributed by atoms with Gasteiger partial charge < -0.3 is 5.11 Å². The molecule has 3 atom stereocenters. The average Bonchev–Trinajstić information content (AvgIpc) is 2.38. The van der Waals surface area contributed by atoms with Gasteiger partial charge in [0.2, 0.25) is 0 Å². The van der Waals surface area contributed by atoms with Crippen LogP contribution in [-0.4, -0.2) is 5.11 Å². The minimum atomic E-state index is -0.634. The maximum Gasteiger partial charge on any atom is 0.129 e. The molecule has 2 rings (SSSR count). The van der Waals surface area contributed by atoms with Gasteiger partial charge in [0.25, 0.3) is 0 Å². The average molecular weight is 236 g/mol. The first-order valence-corrected chi connectivity index (χ1v) is 6.64. The Kier molecular flexibility index (Phi) is 4.16. The van der Waals surface area contributed by atoms with E-state index in [1.807, 2.05) is 0 Å². The van der Waals surface area contributed by atoms with Gasteiger partial charge in [-0.1, -0.05) is 44.4 Å². The molecule has 1 aromatic carbocycles. The Morgan fingerprint density at radius 2 is 2.12 bits per heavy atom. The van der Waals surface area contributed by atoms with Crippen molar-refractivity contribution in [3.05, 3.63) is 35.6 Å². The summed E-state index contributed by atoms with van der Waals surface area (Å²) in [6, 6.07) is 6.59. The predicted molar refractivity (Wildman–Crippen MR) is 67.1 cm³/mol. The molecule has 1 aliphatic carbocycles. The van der Waals surface area contributed by atoms with Gasteiger partial charge in [-0.05, 0) is 30.7 Å². The second-order valence-electron chi connectivity index (χ2n) is 5.17. The van der Waals surface area contributed by atoms with Crippen LogP contribution in [0.5, 0.6) is 0 Å². The van der Waals surface area contributed by atoms with Gasteiger partial charge in [0.15, 0.2) is 0 Å². The molecule has 1 fully saturated rings. The van der Waals surface area contributed by atoms with Crippen molar-refractivity contribution < 1.29 is 9.50 Å². The van der Waals surface area contributed by atoms with Gasteiger partial charge in [-0.15, -0.1) is 0 Å². The molecule has 1 N–H and O–H groups in total. The lowest BCUT2D eigenvalue weighted by Gasteiger charge is -2.32. The van der Waals surface area contributed by atoms with Gasteiger partial charge in [0, 0.05) is 5.56 Å². The smallest absolute Gasteiger partial charge is 0.129 e. The van der Waals surface area contributed by atoms with Crippen LogP contribution in [0.3, 0.4) is 0 Å². The summed E-state index contributed by atoms with van der Waals surface area (Å²) >= 11 is 0. The van der Waals surface area contributed by atoms with Crippen LogP contribution >= 0.6 is 0 Å². The largest absolute Gasteiger partial charge is 0.388 e. The second-order valence-corrected chi connectivity index (χ2v) is 5.17. The van der Waals surface area contributed by atoms with Crippen molar-refractivity contribution in [3.63, 3.8) is 0 Å².